The van der Waals surface area contributed by atoms with E-state index in [1.807, 2.05) is 6.07 Å². The summed E-state index contributed by atoms with van der Waals surface area (Å²) in [6.07, 6.45) is 2.08. The van der Waals surface area contributed by atoms with Crippen molar-refractivity contribution < 1.29 is 4.42 Å². The van der Waals surface area contributed by atoms with Gasteiger partial charge in [0.25, 0.3) is 0 Å². The van der Waals surface area contributed by atoms with Crippen LogP contribution in [0.15, 0.2) is 46.9 Å². The molecule has 3 heteroatoms. The topological polar surface area (TPSA) is 25.2 Å². The third-order valence-corrected chi connectivity index (χ3v) is 3.46. The van der Waals surface area contributed by atoms with Crippen molar-refractivity contribution in [1.29, 1.82) is 0 Å². The van der Waals surface area contributed by atoms with Gasteiger partial charge in [0.15, 0.2) is 0 Å². The molecule has 0 saturated carbocycles. The van der Waals surface area contributed by atoms with E-state index in [1.165, 1.54) is 5.56 Å². The van der Waals surface area contributed by atoms with Crippen LogP contribution in [0.2, 0.25) is 0 Å². The van der Waals surface area contributed by atoms with E-state index >= 15 is 0 Å². The molecular weight excluding hydrogens is 242 g/mol. The average Bonchev–Trinajstić information content (AvgIpc) is 2.85. The van der Waals surface area contributed by atoms with Crippen LogP contribution < -0.4 is 5.32 Å². The van der Waals surface area contributed by atoms with Gasteiger partial charge in [0.2, 0.25) is 0 Å². The molecule has 1 unspecified atom stereocenters. The highest BCUT2D eigenvalue weighted by Gasteiger charge is 2.06. The van der Waals surface area contributed by atoms with Crippen LogP contribution in [0.4, 0.5) is 0 Å². The molecule has 0 saturated heterocycles. The molecule has 2 aromatic rings. The van der Waals surface area contributed by atoms with Crippen molar-refractivity contribution >= 4 is 11.8 Å². The molecule has 2 nitrogen and oxygen atoms in total. The summed E-state index contributed by atoms with van der Waals surface area (Å²) in [6.45, 7) is 2.94. The minimum atomic E-state index is 0.334. The lowest BCUT2D eigenvalue weighted by molar-refractivity contribution is 0.442. The lowest BCUT2D eigenvalue weighted by atomic mass is 10.1. The van der Waals surface area contributed by atoms with Crippen LogP contribution in [0.5, 0.6) is 0 Å². The minimum absolute atomic E-state index is 0.334. The molecule has 2 rings (SSSR count). The Labute approximate surface area is 113 Å². The molecule has 1 heterocycles. The van der Waals surface area contributed by atoms with Crippen LogP contribution in [-0.2, 0) is 12.3 Å². The summed E-state index contributed by atoms with van der Waals surface area (Å²) >= 11 is 1.78. The maximum Gasteiger partial charge on any atom is 0.118 e. The van der Waals surface area contributed by atoms with Crippen molar-refractivity contribution in [2.75, 3.05) is 6.26 Å². The molecule has 0 aliphatic heterocycles. The summed E-state index contributed by atoms with van der Waals surface area (Å²) in [5.74, 6) is 2.99. The standard InChI is InChI=1S/C15H19NOS/c1-12(13-6-4-3-5-7-13)16-10-14-8-9-15(17-14)11-18-2/h3-9,12,16H,10-11H2,1-2H3. The molecule has 0 spiro atoms. The maximum atomic E-state index is 5.73. The Kier molecular flexibility index (Phi) is 4.90. The molecule has 0 amide bonds. The Balaban J connectivity index is 1.87. The zero-order valence-corrected chi connectivity index (χ0v) is 11.7. The number of hydrogen-bond acceptors (Lipinski definition) is 3. The number of furan rings is 1. The molecule has 96 valence electrons. The number of benzene rings is 1. The number of hydrogen-bond donors (Lipinski definition) is 1. The van der Waals surface area contributed by atoms with Gasteiger partial charge in [-0.05, 0) is 30.9 Å². The Hall–Kier alpha value is -1.19. The predicted molar refractivity (Wildman–Crippen MR) is 77.6 cm³/mol. The first kappa shape index (κ1) is 13.2. The summed E-state index contributed by atoms with van der Waals surface area (Å²) in [5.41, 5.74) is 1.30. The van der Waals surface area contributed by atoms with Crippen molar-refractivity contribution in [3.8, 4) is 0 Å². The Morgan fingerprint density at radius 1 is 1.11 bits per heavy atom. The van der Waals surface area contributed by atoms with E-state index in [2.05, 4.69) is 54.9 Å². The third kappa shape index (κ3) is 3.65. The quantitative estimate of drug-likeness (QED) is 0.851. The van der Waals surface area contributed by atoms with E-state index in [0.29, 0.717) is 6.04 Å². The molecule has 0 radical (unpaired) electrons. The first-order valence-corrected chi connectivity index (χ1v) is 7.54. The monoisotopic (exact) mass is 261 g/mol. The van der Waals surface area contributed by atoms with Gasteiger partial charge in [-0.2, -0.15) is 11.8 Å². The van der Waals surface area contributed by atoms with Crippen LogP contribution >= 0.6 is 11.8 Å². The van der Waals surface area contributed by atoms with E-state index in [0.717, 1.165) is 23.8 Å². The second kappa shape index (κ2) is 6.66. The van der Waals surface area contributed by atoms with Crippen molar-refractivity contribution in [3.05, 3.63) is 59.5 Å². The predicted octanol–water partition coefficient (Wildman–Crippen LogP) is 3.99. The van der Waals surface area contributed by atoms with Gasteiger partial charge in [-0.1, -0.05) is 30.3 Å². The molecule has 1 N–H and O–H groups in total. The van der Waals surface area contributed by atoms with Crippen LogP contribution in [-0.4, -0.2) is 6.26 Å². The largest absolute Gasteiger partial charge is 0.464 e. The van der Waals surface area contributed by atoms with Crippen molar-refractivity contribution in [2.24, 2.45) is 0 Å². The fourth-order valence-electron chi connectivity index (χ4n) is 1.85. The zero-order chi connectivity index (χ0) is 12.8. The molecule has 1 atom stereocenters. The number of rotatable bonds is 6. The zero-order valence-electron chi connectivity index (χ0n) is 10.8. The molecule has 0 aliphatic rings. The van der Waals surface area contributed by atoms with Crippen molar-refractivity contribution in [2.45, 2.75) is 25.3 Å². The number of nitrogens with one attached hydrogen (secondary N) is 1. The molecular formula is C15H19NOS. The first-order chi connectivity index (χ1) is 8.79. The second-order valence-corrected chi connectivity index (χ2v) is 5.18. The van der Waals surface area contributed by atoms with Crippen molar-refractivity contribution in [1.82, 2.24) is 5.32 Å². The van der Waals surface area contributed by atoms with Gasteiger partial charge in [0.05, 0.1) is 12.3 Å². The molecule has 0 aliphatic carbocycles. The van der Waals surface area contributed by atoms with Crippen LogP contribution in [0.3, 0.4) is 0 Å². The van der Waals surface area contributed by atoms with Gasteiger partial charge < -0.3 is 9.73 Å². The normalized spacial score (nSPS) is 12.6. The smallest absolute Gasteiger partial charge is 0.118 e. The molecule has 18 heavy (non-hydrogen) atoms. The van der Waals surface area contributed by atoms with E-state index in [-0.39, 0.29) is 0 Å². The summed E-state index contributed by atoms with van der Waals surface area (Å²) in [7, 11) is 0. The Bertz CT molecular complexity index is 466. The SMILES string of the molecule is CSCc1ccc(CNC(C)c2ccccc2)o1. The van der Waals surface area contributed by atoms with E-state index in [1.54, 1.807) is 11.8 Å². The lowest BCUT2D eigenvalue weighted by Gasteiger charge is -2.12. The van der Waals surface area contributed by atoms with E-state index < -0.39 is 0 Å². The van der Waals surface area contributed by atoms with Gasteiger partial charge in [-0.15, -0.1) is 0 Å². The van der Waals surface area contributed by atoms with Crippen LogP contribution in [0, 0.1) is 0 Å². The van der Waals surface area contributed by atoms with Gasteiger partial charge in [-0.3, -0.25) is 0 Å². The van der Waals surface area contributed by atoms with Gasteiger partial charge >= 0.3 is 0 Å². The maximum absolute atomic E-state index is 5.73. The molecule has 1 aromatic carbocycles. The minimum Gasteiger partial charge on any atom is -0.464 e. The molecule has 0 bridgehead atoms. The highest BCUT2D eigenvalue weighted by atomic mass is 32.2. The highest BCUT2D eigenvalue weighted by molar-refractivity contribution is 7.97. The van der Waals surface area contributed by atoms with Crippen LogP contribution in [0.25, 0.3) is 0 Å². The third-order valence-electron chi connectivity index (χ3n) is 2.89. The summed E-state index contributed by atoms with van der Waals surface area (Å²) in [5, 5.41) is 3.47. The second-order valence-electron chi connectivity index (χ2n) is 4.31. The fraction of sp³-hybridized carbons (Fsp3) is 0.333. The van der Waals surface area contributed by atoms with Crippen LogP contribution in [0.1, 0.15) is 30.0 Å². The number of thioether (sulfide) groups is 1. The molecule has 1 aromatic heterocycles. The summed E-state index contributed by atoms with van der Waals surface area (Å²) in [6, 6.07) is 14.9. The summed E-state index contributed by atoms with van der Waals surface area (Å²) in [4.78, 5) is 0. The summed E-state index contributed by atoms with van der Waals surface area (Å²) < 4.78 is 5.73. The van der Waals surface area contributed by atoms with Crippen molar-refractivity contribution in [3.63, 3.8) is 0 Å². The van der Waals surface area contributed by atoms with Gasteiger partial charge in [-0.25, -0.2) is 0 Å². The first-order valence-electron chi connectivity index (χ1n) is 6.14. The van der Waals surface area contributed by atoms with E-state index in [9.17, 15) is 0 Å². The Morgan fingerprint density at radius 2 is 1.83 bits per heavy atom. The lowest BCUT2D eigenvalue weighted by Crippen LogP contribution is -2.17. The Morgan fingerprint density at radius 3 is 2.56 bits per heavy atom. The highest BCUT2D eigenvalue weighted by Crippen LogP contribution is 2.15. The van der Waals surface area contributed by atoms with E-state index in [4.69, 9.17) is 4.42 Å². The fourth-order valence-corrected chi connectivity index (χ4v) is 2.29. The molecule has 0 fully saturated rings. The average molecular weight is 261 g/mol. The van der Waals surface area contributed by atoms with Gasteiger partial charge in [0, 0.05) is 6.04 Å². The van der Waals surface area contributed by atoms with Gasteiger partial charge in [0.1, 0.15) is 11.5 Å².